The Labute approximate surface area is 194 Å². The summed E-state index contributed by atoms with van der Waals surface area (Å²) in [5.74, 6) is -0.829. The van der Waals surface area contributed by atoms with Crippen LogP contribution in [0.4, 0.5) is 5.95 Å². The second-order valence-electron chi connectivity index (χ2n) is 8.28. The van der Waals surface area contributed by atoms with Crippen molar-refractivity contribution in [2.45, 2.75) is 18.9 Å². The van der Waals surface area contributed by atoms with Crippen molar-refractivity contribution in [1.82, 2.24) is 15.0 Å². The minimum absolute atomic E-state index is 0.0270. The van der Waals surface area contributed by atoms with Crippen LogP contribution in [-0.4, -0.2) is 38.4 Å². The number of H-pyrrole nitrogens is 1. The fourth-order valence-corrected chi connectivity index (χ4v) is 4.59. The number of imidazole rings is 1. The predicted octanol–water partition coefficient (Wildman–Crippen LogP) is 3.91. The predicted molar refractivity (Wildman–Crippen MR) is 125 cm³/mol. The molecule has 0 bridgehead atoms. The van der Waals surface area contributed by atoms with E-state index < -0.39 is 17.7 Å². The van der Waals surface area contributed by atoms with E-state index in [-0.39, 0.29) is 17.3 Å². The smallest absolute Gasteiger partial charge is 0.302 e. The number of aromatic amines is 1. The number of rotatable bonds is 3. The molecule has 4 aromatic rings. The van der Waals surface area contributed by atoms with Crippen molar-refractivity contribution < 1.29 is 19.4 Å². The average molecular weight is 452 g/mol. The van der Waals surface area contributed by atoms with Crippen LogP contribution < -0.4 is 9.64 Å². The molecule has 168 valence electrons. The molecular formula is C26H20N4O4. The van der Waals surface area contributed by atoms with Gasteiger partial charge in [-0.05, 0) is 60.9 Å². The van der Waals surface area contributed by atoms with Crippen LogP contribution in [0.2, 0.25) is 0 Å². The zero-order valence-corrected chi connectivity index (χ0v) is 18.1. The van der Waals surface area contributed by atoms with Gasteiger partial charge in [0, 0.05) is 11.8 Å². The minimum Gasteiger partial charge on any atom is -0.507 e. The van der Waals surface area contributed by atoms with Gasteiger partial charge >= 0.3 is 5.91 Å². The Hall–Kier alpha value is -4.46. The number of para-hydroxylation sites is 2. The van der Waals surface area contributed by atoms with Crippen LogP contribution in [0.25, 0.3) is 16.8 Å². The molecule has 1 unspecified atom stereocenters. The SMILES string of the molecule is O=C1C(=O)N(c2nc3ccccc3[nH]2)C(c2ccccn2)/C1=C(\O)c1ccc2c(c1)CCCO2. The number of fused-ring (bicyclic) bond motifs is 2. The van der Waals surface area contributed by atoms with E-state index >= 15 is 0 Å². The number of ketones is 1. The van der Waals surface area contributed by atoms with E-state index in [4.69, 9.17) is 4.74 Å². The Morgan fingerprint density at radius 2 is 1.94 bits per heavy atom. The molecule has 2 aliphatic heterocycles. The van der Waals surface area contributed by atoms with Gasteiger partial charge in [-0.15, -0.1) is 0 Å². The van der Waals surface area contributed by atoms with Crippen LogP contribution in [0, 0.1) is 0 Å². The molecule has 4 heterocycles. The molecule has 1 fully saturated rings. The van der Waals surface area contributed by atoms with Crippen molar-refractivity contribution in [3.63, 3.8) is 0 Å². The number of carbonyl (C=O) groups excluding carboxylic acids is 2. The zero-order valence-electron chi connectivity index (χ0n) is 18.1. The lowest BCUT2D eigenvalue weighted by Crippen LogP contribution is -2.30. The van der Waals surface area contributed by atoms with Crippen molar-refractivity contribution in [2.24, 2.45) is 0 Å². The number of aryl methyl sites for hydroxylation is 1. The average Bonchev–Trinajstić information content (AvgIpc) is 3.42. The number of anilines is 1. The molecular weight excluding hydrogens is 432 g/mol. The molecule has 0 aliphatic carbocycles. The maximum Gasteiger partial charge on any atom is 0.302 e. The third kappa shape index (κ3) is 3.14. The number of aromatic nitrogens is 3. The van der Waals surface area contributed by atoms with E-state index in [0.29, 0.717) is 23.4 Å². The first-order valence-corrected chi connectivity index (χ1v) is 11.0. The van der Waals surface area contributed by atoms with Gasteiger partial charge in [-0.2, -0.15) is 0 Å². The van der Waals surface area contributed by atoms with Crippen molar-refractivity contribution >= 4 is 34.4 Å². The van der Waals surface area contributed by atoms with Crippen molar-refractivity contribution in [2.75, 3.05) is 11.5 Å². The first-order chi connectivity index (χ1) is 16.6. The highest BCUT2D eigenvalue weighted by atomic mass is 16.5. The van der Waals surface area contributed by atoms with Crippen LogP contribution in [0.5, 0.6) is 5.75 Å². The fourth-order valence-electron chi connectivity index (χ4n) is 4.59. The molecule has 2 aromatic carbocycles. The van der Waals surface area contributed by atoms with Crippen molar-refractivity contribution in [1.29, 1.82) is 0 Å². The standard InChI is InChI=1S/C26H20N4O4/c31-23(16-10-11-20-15(14-16)6-5-13-34-20)21-22(19-9-3-4-12-27-19)30(25(33)24(21)32)26-28-17-7-1-2-8-18(17)29-26/h1-4,7-12,14,22,31H,5-6,13H2,(H,28,29)/b23-21+. The van der Waals surface area contributed by atoms with Crippen LogP contribution in [0.15, 0.2) is 72.4 Å². The van der Waals surface area contributed by atoms with Gasteiger partial charge in [-0.25, -0.2) is 4.98 Å². The molecule has 0 spiro atoms. The highest BCUT2D eigenvalue weighted by Crippen LogP contribution is 2.41. The number of ether oxygens (including phenoxy) is 1. The molecule has 8 heteroatoms. The Kier molecular flexibility index (Phi) is 4.65. The minimum atomic E-state index is -0.936. The largest absolute Gasteiger partial charge is 0.507 e. The number of nitrogens with zero attached hydrogens (tertiary/aromatic N) is 3. The van der Waals surface area contributed by atoms with Gasteiger partial charge in [0.05, 0.1) is 28.9 Å². The number of benzene rings is 2. The lowest BCUT2D eigenvalue weighted by atomic mass is 9.96. The summed E-state index contributed by atoms with van der Waals surface area (Å²) in [6, 6.07) is 17.0. The molecule has 0 saturated carbocycles. The summed E-state index contributed by atoms with van der Waals surface area (Å²) in [5, 5.41) is 11.3. The van der Waals surface area contributed by atoms with Crippen LogP contribution in [0.3, 0.4) is 0 Å². The molecule has 34 heavy (non-hydrogen) atoms. The van der Waals surface area contributed by atoms with Crippen molar-refractivity contribution in [3.8, 4) is 5.75 Å². The molecule has 2 aromatic heterocycles. The molecule has 2 N–H and O–H groups in total. The zero-order chi connectivity index (χ0) is 23.2. The summed E-state index contributed by atoms with van der Waals surface area (Å²) in [5.41, 5.74) is 3.22. The van der Waals surface area contributed by atoms with Gasteiger partial charge < -0.3 is 14.8 Å². The number of aliphatic hydroxyl groups is 1. The van der Waals surface area contributed by atoms with Gasteiger partial charge in [0.1, 0.15) is 17.6 Å². The number of hydrogen-bond donors (Lipinski definition) is 2. The second-order valence-corrected chi connectivity index (χ2v) is 8.28. The number of Topliss-reactive ketones (excluding diaryl/α,β-unsaturated/α-hetero) is 1. The number of amides is 1. The number of hydrogen-bond acceptors (Lipinski definition) is 6. The molecule has 0 radical (unpaired) electrons. The van der Waals surface area contributed by atoms with E-state index in [2.05, 4.69) is 15.0 Å². The summed E-state index contributed by atoms with van der Waals surface area (Å²) in [6.45, 7) is 0.653. The monoisotopic (exact) mass is 452 g/mol. The van der Waals surface area contributed by atoms with E-state index in [9.17, 15) is 14.7 Å². The van der Waals surface area contributed by atoms with Crippen LogP contribution in [0.1, 0.15) is 29.3 Å². The maximum atomic E-state index is 13.3. The normalized spacial score (nSPS) is 19.3. The summed E-state index contributed by atoms with van der Waals surface area (Å²) >= 11 is 0. The fraction of sp³-hybridized carbons (Fsp3) is 0.154. The Bertz CT molecular complexity index is 1440. The van der Waals surface area contributed by atoms with E-state index in [1.807, 2.05) is 30.3 Å². The van der Waals surface area contributed by atoms with Crippen LogP contribution in [-0.2, 0) is 16.0 Å². The van der Waals surface area contributed by atoms with E-state index in [1.54, 1.807) is 36.5 Å². The first kappa shape index (κ1) is 20.2. The highest BCUT2D eigenvalue weighted by molar-refractivity contribution is 6.51. The third-order valence-electron chi connectivity index (χ3n) is 6.20. The van der Waals surface area contributed by atoms with Gasteiger partial charge in [0.15, 0.2) is 0 Å². The molecule has 2 aliphatic rings. The third-order valence-corrected chi connectivity index (χ3v) is 6.20. The second kappa shape index (κ2) is 7.84. The lowest BCUT2D eigenvalue weighted by molar-refractivity contribution is -0.132. The number of nitrogens with one attached hydrogen (secondary N) is 1. The summed E-state index contributed by atoms with van der Waals surface area (Å²) in [4.78, 5) is 39.9. The molecule has 1 saturated heterocycles. The first-order valence-electron chi connectivity index (χ1n) is 11.0. The van der Waals surface area contributed by atoms with Crippen LogP contribution >= 0.6 is 0 Å². The Morgan fingerprint density at radius 1 is 1.09 bits per heavy atom. The van der Waals surface area contributed by atoms with E-state index in [0.717, 1.165) is 29.7 Å². The summed E-state index contributed by atoms with van der Waals surface area (Å²) in [7, 11) is 0. The maximum absolute atomic E-state index is 13.3. The molecule has 6 rings (SSSR count). The summed E-state index contributed by atoms with van der Waals surface area (Å²) < 4.78 is 5.67. The van der Waals surface area contributed by atoms with E-state index in [1.165, 1.54) is 4.90 Å². The quantitative estimate of drug-likeness (QED) is 0.277. The van der Waals surface area contributed by atoms with Gasteiger partial charge in [-0.1, -0.05) is 18.2 Å². The summed E-state index contributed by atoms with van der Waals surface area (Å²) in [6.07, 6.45) is 3.28. The highest BCUT2D eigenvalue weighted by Gasteiger charge is 2.48. The van der Waals surface area contributed by atoms with Crippen molar-refractivity contribution in [3.05, 3.63) is 89.3 Å². The topological polar surface area (TPSA) is 108 Å². The lowest BCUT2D eigenvalue weighted by Gasteiger charge is -2.22. The van der Waals surface area contributed by atoms with Gasteiger partial charge in [0.2, 0.25) is 5.95 Å². The number of pyridine rings is 1. The molecule has 8 nitrogen and oxygen atoms in total. The number of carbonyl (C=O) groups is 2. The Balaban J connectivity index is 1.53. The van der Waals surface area contributed by atoms with Gasteiger partial charge in [0.25, 0.3) is 5.78 Å². The number of aliphatic hydroxyl groups excluding tert-OH is 1. The van der Waals surface area contributed by atoms with Gasteiger partial charge in [-0.3, -0.25) is 19.5 Å². The molecule has 1 amide bonds. The Morgan fingerprint density at radius 3 is 2.76 bits per heavy atom. The molecule has 1 atom stereocenters.